The largest absolute Gasteiger partial charge is 0.355 e. The predicted octanol–water partition coefficient (Wildman–Crippen LogP) is 0.534. The number of carbonyl (C=O) groups excluding carboxylic acids is 2. The van der Waals surface area contributed by atoms with Crippen LogP contribution in [0.3, 0.4) is 0 Å². The molecule has 2 aliphatic rings. The summed E-state index contributed by atoms with van der Waals surface area (Å²) < 4.78 is 10.4. The number of hydrogen-bond donors (Lipinski definition) is 0. The maximum absolute atomic E-state index is 11.9. The van der Waals surface area contributed by atoms with Crippen molar-refractivity contribution in [2.75, 3.05) is 19.9 Å². The van der Waals surface area contributed by atoms with E-state index in [0.29, 0.717) is 19.6 Å². The molecular weight excluding hydrogens is 210 g/mol. The van der Waals surface area contributed by atoms with Gasteiger partial charge in [0.05, 0.1) is 24.7 Å². The number of likely N-dealkylation sites (tertiary alicyclic amines) is 1. The molecule has 90 valence electrons. The zero-order chi connectivity index (χ0) is 11.8. The molecule has 5 heteroatoms. The number of hydrogen-bond acceptors (Lipinski definition) is 4. The second kappa shape index (κ2) is 4.14. The van der Waals surface area contributed by atoms with Crippen LogP contribution in [-0.4, -0.2) is 42.8 Å². The van der Waals surface area contributed by atoms with E-state index in [1.54, 1.807) is 13.8 Å². The molecule has 2 heterocycles. The molecule has 2 saturated heterocycles. The monoisotopic (exact) mass is 227 g/mol. The smallest absolute Gasteiger partial charge is 0.235 e. The van der Waals surface area contributed by atoms with Gasteiger partial charge in [0.15, 0.2) is 0 Å². The third-order valence-electron chi connectivity index (χ3n) is 3.08. The summed E-state index contributed by atoms with van der Waals surface area (Å²) in [5.74, 6) is -0.183. The summed E-state index contributed by atoms with van der Waals surface area (Å²) >= 11 is 0. The highest BCUT2D eigenvalue weighted by Crippen LogP contribution is 2.32. The highest BCUT2D eigenvalue weighted by Gasteiger charge is 2.45. The standard InChI is InChI=1S/C11H17NO4/c1-11(2)5-9(13)12(10(11)14)6-8-3-4-15-7-16-8/h8H,3-7H2,1-2H3. The van der Waals surface area contributed by atoms with Gasteiger partial charge < -0.3 is 9.47 Å². The lowest BCUT2D eigenvalue weighted by Crippen LogP contribution is -2.41. The van der Waals surface area contributed by atoms with Crippen molar-refractivity contribution in [1.29, 1.82) is 0 Å². The minimum Gasteiger partial charge on any atom is -0.355 e. The Morgan fingerprint density at radius 2 is 2.19 bits per heavy atom. The van der Waals surface area contributed by atoms with E-state index in [-0.39, 0.29) is 24.7 Å². The highest BCUT2D eigenvalue weighted by atomic mass is 16.7. The molecule has 0 saturated carbocycles. The fourth-order valence-electron chi connectivity index (χ4n) is 2.06. The van der Waals surface area contributed by atoms with Gasteiger partial charge in [-0.25, -0.2) is 0 Å². The van der Waals surface area contributed by atoms with Crippen LogP contribution in [0.25, 0.3) is 0 Å². The molecule has 16 heavy (non-hydrogen) atoms. The Balaban J connectivity index is 1.99. The molecule has 2 fully saturated rings. The van der Waals surface area contributed by atoms with Gasteiger partial charge in [-0.2, -0.15) is 0 Å². The van der Waals surface area contributed by atoms with Crippen molar-refractivity contribution in [3.8, 4) is 0 Å². The van der Waals surface area contributed by atoms with Crippen LogP contribution in [0.1, 0.15) is 26.7 Å². The van der Waals surface area contributed by atoms with Gasteiger partial charge in [-0.1, -0.05) is 13.8 Å². The third kappa shape index (κ3) is 2.10. The highest BCUT2D eigenvalue weighted by molar-refractivity contribution is 6.05. The molecule has 2 rings (SSSR count). The first-order valence-corrected chi connectivity index (χ1v) is 5.55. The molecule has 0 N–H and O–H groups in total. The maximum atomic E-state index is 11.9. The molecule has 1 atom stereocenters. The Kier molecular flexibility index (Phi) is 2.99. The fraction of sp³-hybridized carbons (Fsp3) is 0.818. The quantitative estimate of drug-likeness (QED) is 0.646. The molecule has 0 aromatic rings. The van der Waals surface area contributed by atoms with Gasteiger partial charge in [-0.3, -0.25) is 14.5 Å². The molecule has 2 aliphatic heterocycles. The molecule has 0 spiro atoms. The number of rotatable bonds is 2. The number of imide groups is 1. The van der Waals surface area contributed by atoms with Crippen molar-refractivity contribution in [1.82, 2.24) is 4.90 Å². The average Bonchev–Trinajstić information content (AvgIpc) is 2.42. The summed E-state index contributed by atoms with van der Waals surface area (Å²) in [6, 6.07) is 0. The van der Waals surface area contributed by atoms with Crippen LogP contribution in [-0.2, 0) is 19.1 Å². The SMILES string of the molecule is CC1(C)CC(=O)N(CC2CCOCO2)C1=O. The number of amides is 2. The first kappa shape index (κ1) is 11.5. The van der Waals surface area contributed by atoms with Crippen LogP contribution in [0.15, 0.2) is 0 Å². The van der Waals surface area contributed by atoms with Crippen molar-refractivity contribution < 1.29 is 19.1 Å². The van der Waals surface area contributed by atoms with Gasteiger partial charge in [0.25, 0.3) is 0 Å². The van der Waals surface area contributed by atoms with E-state index in [1.165, 1.54) is 4.90 Å². The Morgan fingerprint density at radius 3 is 2.69 bits per heavy atom. The zero-order valence-corrected chi connectivity index (χ0v) is 9.69. The lowest BCUT2D eigenvalue weighted by atomic mass is 9.92. The Labute approximate surface area is 94.7 Å². The average molecular weight is 227 g/mol. The third-order valence-corrected chi connectivity index (χ3v) is 3.08. The lowest BCUT2D eigenvalue weighted by Gasteiger charge is -2.27. The second-order valence-electron chi connectivity index (χ2n) is 4.97. The summed E-state index contributed by atoms with van der Waals surface area (Å²) in [5, 5.41) is 0. The van der Waals surface area contributed by atoms with E-state index in [0.717, 1.165) is 6.42 Å². The normalized spacial score (nSPS) is 29.9. The Hall–Kier alpha value is -0.940. The molecule has 0 bridgehead atoms. The van der Waals surface area contributed by atoms with Gasteiger partial charge >= 0.3 is 0 Å². The van der Waals surface area contributed by atoms with E-state index >= 15 is 0 Å². The van der Waals surface area contributed by atoms with Crippen molar-refractivity contribution in [3.63, 3.8) is 0 Å². The van der Waals surface area contributed by atoms with E-state index in [2.05, 4.69) is 0 Å². The van der Waals surface area contributed by atoms with Crippen molar-refractivity contribution in [3.05, 3.63) is 0 Å². The number of carbonyl (C=O) groups is 2. The van der Waals surface area contributed by atoms with Crippen LogP contribution >= 0.6 is 0 Å². The minimum atomic E-state index is -0.553. The Bertz CT molecular complexity index is 307. The van der Waals surface area contributed by atoms with Gasteiger partial charge in [0.2, 0.25) is 11.8 Å². The fourth-order valence-corrected chi connectivity index (χ4v) is 2.06. The van der Waals surface area contributed by atoms with Gasteiger partial charge in [-0.05, 0) is 6.42 Å². The van der Waals surface area contributed by atoms with E-state index in [9.17, 15) is 9.59 Å². The van der Waals surface area contributed by atoms with Crippen LogP contribution in [0, 0.1) is 5.41 Å². The predicted molar refractivity (Wildman–Crippen MR) is 55.4 cm³/mol. The molecule has 5 nitrogen and oxygen atoms in total. The van der Waals surface area contributed by atoms with Crippen molar-refractivity contribution in [2.45, 2.75) is 32.8 Å². The number of ether oxygens (including phenoxy) is 2. The molecule has 0 radical (unpaired) electrons. The summed E-state index contributed by atoms with van der Waals surface area (Å²) in [6.45, 7) is 4.86. The molecule has 2 amide bonds. The topological polar surface area (TPSA) is 55.8 Å². The second-order valence-corrected chi connectivity index (χ2v) is 4.97. The van der Waals surface area contributed by atoms with E-state index in [1.807, 2.05) is 0 Å². The van der Waals surface area contributed by atoms with Crippen LogP contribution in [0.5, 0.6) is 0 Å². The molecule has 0 aromatic carbocycles. The van der Waals surface area contributed by atoms with Gasteiger partial charge in [0, 0.05) is 6.42 Å². The van der Waals surface area contributed by atoms with Crippen LogP contribution < -0.4 is 0 Å². The minimum absolute atomic E-state index is 0.0736. The van der Waals surface area contributed by atoms with Crippen LogP contribution in [0.2, 0.25) is 0 Å². The van der Waals surface area contributed by atoms with Crippen LogP contribution in [0.4, 0.5) is 0 Å². The first-order chi connectivity index (χ1) is 7.50. The maximum Gasteiger partial charge on any atom is 0.235 e. The summed E-state index contributed by atoms with van der Waals surface area (Å²) in [7, 11) is 0. The van der Waals surface area contributed by atoms with Gasteiger partial charge in [-0.15, -0.1) is 0 Å². The van der Waals surface area contributed by atoms with Gasteiger partial charge in [0.1, 0.15) is 6.79 Å². The first-order valence-electron chi connectivity index (χ1n) is 5.55. The Morgan fingerprint density at radius 1 is 1.44 bits per heavy atom. The lowest BCUT2D eigenvalue weighted by molar-refractivity contribution is -0.158. The summed E-state index contributed by atoms with van der Waals surface area (Å²) in [5.41, 5.74) is -0.553. The number of nitrogens with zero attached hydrogens (tertiary/aromatic N) is 1. The van der Waals surface area contributed by atoms with Crippen molar-refractivity contribution >= 4 is 11.8 Å². The zero-order valence-electron chi connectivity index (χ0n) is 9.69. The molecular formula is C11H17NO4. The van der Waals surface area contributed by atoms with E-state index < -0.39 is 5.41 Å². The molecule has 0 aliphatic carbocycles. The molecule has 0 aromatic heterocycles. The molecule has 1 unspecified atom stereocenters. The van der Waals surface area contributed by atoms with Crippen molar-refractivity contribution in [2.24, 2.45) is 5.41 Å². The summed E-state index contributed by atoms with van der Waals surface area (Å²) in [6.07, 6.45) is 0.961. The summed E-state index contributed by atoms with van der Waals surface area (Å²) in [4.78, 5) is 25.0. The van der Waals surface area contributed by atoms with E-state index in [4.69, 9.17) is 9.47 Å².